The normalized spacial score (nSPS) is 26.2. The van der Waals surface area contributed by atoms with E-state index in [9.17, 15) is 9.59 Å². The first-order valence-corrected chi connectivity index (χ1v) is 6.31. The number of hydrogen-bond donors (Lipinski definition) is 0. The van der Waals surface area contributed by atoms with Gasteiger partial charge in [0.15, 0.2) is 0 Å². The van der Waals surface area contributed by atoms with E-state index < -0.39 is 11.9 Å². The lowest BCUT2D eigenvalue weighted by molar-refractivity contribution is 0.0747. The van der Waals surface area contributed by atoms with E-state index in [0.29, 0.717) is 16.9 Å². The summed E-state index contributed by atoms with van der Waals surface area (Å²) in [5.74, 6) is -0.197. The highest BCUT2D eigenvalue weighted by Crippen LogP contribution is 2.48. The molecule has 2 aromatic rings. The van der Waals surface area contributed by atoms with Crippen LogP contribution in [-0.4, -0.2) is 23.5 Å². The third kappa shape index (κ3) is 1.34. The Balaban J connectivity index is 1.78. The molecule has 2 aliphatic heterocycles. The van der Waals surface area contributed by atoms with Crippen LogP contribution in [0.25, 0.3) is 0 Å². The Morgan fingerprint density at radius 3 is 2.50 bits per heavy atom. The van der Waals surface area contributed by atoms with E-state index in [1.807, 2.05) is 6.07 Å². The molecule has 4 heteroatoms. The summed E-state index contributed by atoms with van der Waals surface area (Å²) < 4.78 is 10.9. The van der Waals surface area contributed by atoms with Gasteiger partial charge in [-0.3, -0.25) is 9.59 Å². The van der Waals surface area contributed by atoms with Crippen molar-refractivity contribution < 1.29 is 19.1 Å². The van der Waals surface area contributed by atoms with Crippen molar-refractivity contribution in [2.24, 2.45) is 0 Å². The highest BCUT2D eigenvalue weighted by molar-refractivity contribution is 6.26. The van der Waals surface area contributed by atoms with E-state index in [1.165, 1.54) is 0 Å². The summed E-state index contributed by atoms with van der Waals surface area (Å²) in [5.41, 5.74) is -0.646. The molecule has 0 amide bonds. The molecule has 4 nitrogen and oxygen atoms in total. The maximum absolute atomic E-state index is 12.6. The molecule has 2 aromatic carbocycles. The first-order valence-electron chi connectivity index (χ1n) is 6.31. The quantitative estimate of drug-likeness (QED) is 0.475. The zero-order valence-corrected chi connectivity index (χ0v) is 10.4. The van der Waals surface area contributed by atoms with E-state index in [0.717, 1.165) is 0 Å². The first kappa shape index (κ1) is 11.4. The number of carbonyl (C=O) groups excluding carboxylic acids is 2. The Morgan fingerprint density at radius 2 is 1.70 bits per heavy atom. The second-order valence-electron chi connectivity index (χ2n) is 4.82. The molecular formula is C16H10O4. The molecule has 1 fully saturated rings. The van der Waals surface area contributed by atoms with Gasteiger partial charge in [-0.25, -0.2) is 0 Å². The maximum atomic E-state index is 12.6. The zero-order chi connectivity index (χ0) is 13.7. The fourth-order valence-corrected chi connectivity index (χ4v) is 2.54. The van der Waals surface area contributed by atoms with E-state index in [2.05, 4.69) is 0 Å². The minimum absolute atomic E-state index is 0.321. The Hall–Kier alpha value is -2.46. The van der Waals surface area contributed by atoms with Crippen LogP contribution in [0.5, 0.6) is 5.75 Å². The molecule has 0 aromatic heterocycles. The molecule has 0 radical (unpaired) electrons. The van der Waals surface area contributed by atoms with Crippen molar-refractivity contribution in [3.05, 3.63) is 65.7 Å². The van der Waals surface area contributed by atoms with Crippen LogP contribution in [0.1, 0.15) is 20.7 Å². The second-order valence-corrected chi connectivity index (χ2v) is 4.82. The fraction of sp³-hybridized carbons (Fsp3) is 0.125. The van der Waals surface area contributed by atoms with Crippen LogP contribution in [-0.2, 0) is 4.74 Å². The zero-order valence-electron chi connectivity index (χ0n) is 10.4. The minimum Gasteiger partial charge on any atom is -0.460 e. The van der Waals surface area contributed by atoms with Crippen LogP contribution < -0.4 is 4.74 Å². The molecule has 2 aliphatic rings. The number of ether oxygens (including phenoxy) is 2. The number of ketones is 2. The summed E-state index contributed by atoms with van der Waals surface area (Å²) in [5, 5.41) is 0. The first-order chi connectivity index (χ1) is 9.73. The number of epoxide rings is 1. The van der Waals surface area contributed by atoms with Crippen molar-refractivity contribution in [2.45, 2.75) is 11.9 Å². The van der Waals surface area contributed by atoms with E-state index in [-0.39, 0.29) is 11.6 Å². The molecule has 2 unspecified atom stereocenters. The molecular weight excluding hydrogens is 256 g/mol. The van der Waals surface area contributed by atoms with E-state index in [1.54, 1.807) is 48.5 Å². The van der Waals surface area contributed by atoms with Crippen LogP contribution in [0.2, 0.25) is 0 Å². The molecule has 0 bridgehead atoms. The summed E-state index contributed by atoms with van der Waals surface area (Å²) in [4.78, 5) is 25.1. The predicted octanol–water partition coefficient (Wildman–Crippen LogP) is 2.24. The van der Waals surface area contributed by atoms with Gasteiger partial charge in [-0.2, -0.15) is 0 Å². The molecule has 1 saturated heterocycles. The third-order valence-electron chi connectivity index (χ3n) is 3.64. The largest absolute Gasteiger partial charge is 0.460 e. The van der Waals surface area contributed by atoms with Gasteiger partial charge < -0.3 is 9.47 Å². The minimum atomic E-state index is -1.49. The van der Waals surface area contributed by atoms with Crippen LogP contribution in [0.4, 0.5) is 0 Å². The molecule has 0 N–H and O–H groups in total. The number of benzene rings is 2. The Morgan fingerprint density at radius 1 is 1.00 bits per heavy atom. The maximum Gasteiger partial charge on any atom is 0.259 e. The lowest BCUT2D eigenvalue weighted by Crippen LogP contribution is -2.41. The molecule has 0 saturated carbocycles. The SMILES string of the molecule is O=C(c1ccccc1)C12OC1Oc1ccccc1C2=O. The van der Waals surface area contributed by atoms with Crippen molar-refractivity contribution in [1.82, 2.24) is 0 Å². The van der Waals surface area contributed by atoms with Crippen LogP contribution >= 0.6 is 0 Å². The van der Waals surface area contributed by atoms with Crippen molar-refractivity contribution in [1.29, 1.82) is 0 Å². The van der Waals surface area contributed by atoms with Crippen molar-refractivity contribution in [2.75, 3.05) is 0 Å². The van der Waals surface area contributed by atoms with Gasteiger partial charge in [0, 0.05) is 5.56 Å². The Labute approximate surface area is 114 Å². The van der Waals surface area contributed by atoms with Gasteiger partial charge in [0.05, 0.1) is 5.56 Å². The van der Waals surface area contributed by atoms with Crippen molar-refractivity contribution in [3.8, 4) is 5.75 Å². The molecule has 20 heavy (non-hydrogen) atoms. The predicted molar refractivity (Wildman–Crippen MR) is 69.8 cm³/mol. The summed E-state index contributed by atoms with van der Waals surface area (Å²) in [7, 11) is 0. The number of para-hydroxylation sites is 1. The average molecular weight is 266 g/mol. The van der Waals surface area contributed by atoms with E-state index in [4.69, 9.17) is 9.47 Å². The second kappa shape index (κ2) is 3.77. The van der Waals surface area contributed by atoms with Gasteiger partial charge in [0.1, 0.15) is 5.75 Å². The van der Waals surface area contributed by atoms with Crippen LogP contribution in [0, 0.1) is 0 Å². The summed E-state index contributed by atoms with van der Waals surface area (Å²) in [6.07, 6.45) is -0.808. The molecule has 0 aliphatic carbocycles. The van der Waals surface area contributed by atoms with Gasteiger partial charge in [-0.05, 0) is 12.1 Å². The highest BCUT2D eigenvalue weighted by atomic mass is 16.8. The summed E-state index contributed by atoms with van der Waals surface area (Å²) in [6, 6.07) is 15.5. The Kier molecular flexibility index (Phi) is 2.15. The van der Waals surface area contributed by atoms with E-state index >= 15 is 0 Å². The Bertz CT molecular complexity index is 722. The number of fused-ring (bicyclic) bond motifs is 2. The smallest absolute Gasteiger partial charge is 0.259 e. The number of hydrogen-bond acceptors (Lipinski definition) is 4. The summed E-state index contributed by atoms with van der Waals surface area (Å²) in [6.45, 7) is 0. The molecule has 98 valence electrons. The lowest BCUT2D eigenvalue weighted by atomic mass is 9.87. The fourth-order valence-electron chi connectivity index (χ4n) is 2.54. The third-order valence-corrected chi connectivity index (χ3v) is 3.64. The molecule has 0 spiro atoms. The molecule has 2 heterocycles. The van der Waals surface area contributed by atoms with Gasteiger partial charge in [0.25, 0.3) is 5.60 Å². The highest BCUT2D eigenvalue weighted by Gasteiger charge is 2.72. The van der Waals surface area contributed by atoms with Crippen molar-refractivity contribution >= 4 is 11.6 Å². The molecule has 4 rings (SSSR count). The average Bonchev–Trinajstić information content (AvgIpc) is 3.23. The standard InChI is InChI=1S/C16H10O4/c17-13(10-6-2-1-3-7-10)16-14(18)11-8-4-5-9-12(11)19-15(16)20-16/h1-9,15H. The number of rotatable bonds is 2. The van der Waals surface area contributed by atoms with Crippen LogP contribution in [0.3, 0.4) is 0 Å². The topological polar surface area (TPSA) is 55.9 Å². The summed E-state index contributed by atoms with van der Waals surface area (Å²) >= 11 is 0. The van der Waals surface area contributed by atoms with Gasteiger partial charge >= 0.3 is 0 Å². The monoisotopic (exact) mass is 266 g/mol. The lowest BCUT2D eigenvalue weighted by Gasteiger charge is -2.18. The van der Waals surface area contributed by atoms with Crippen LogP contribution in [0.15, 0.2) is 54.6 Å². The molecule has 2 atom stereocenters. The van der Waals surface area contributed by atoms with Gasteiger partial charge in [0.2, 0.25) is 17.9 Å². The van der Waals surface area contributed by atoms with Gasteiger partial charge in [-0.1, -0.05) is 42.5 Å². The van der Waals surface area contributed by atoms with Gasteiger partial charge in [-0.15, -0.1) is 0 Å². The van der Waals surface area contributed by atoms with Crippen molar-refractivity contribution in [3.63, 3.8) is 0 Å². The number of carbonyl (C=O) groups is 2. The number of Topliss-reactive ketones (excluding diaryl/α,β-unsaturated/α-hetero) is 2.